The number of carbonyl (C=O) groups excluding carboxylic acids is 2. The maximum atomic E-state index is 12.5. The van der Waals surface area contributed by atoms with Gasteiger partial charge in [-0.15, -0.1) is 11.3 Å². The quantitative estimate of drug-likeness (QED) is 0.322. The number of amides is 1. The van der Waals surface area contributed by atoms with Gasteiger partial charge < -0.3 is 10.1 Å². The van der Waals surface area contributed by atoms with E-state index in [0.29, 0.717) is 22.0 Å². The Balaban J connectivity index is 1.82. The van der Waals surface area contributed by atoms with Crippen LogP contribution in [0, 0.1) is 16.0 Å². The highest BCUT2D eigenvalue weighted by atomic mass is 32.1. The molecular weight excluding hydrogens is 392 g/mol. The molecule has 1 heterocycles. The van der Waals surface area contributed by atoms with Gasteiger partial charge in [0.2, 0.25) is 5.91 Å². The molecule has 0 spiro atoms. The van der Waals surface area contributed by atoms with E-state index in [9.17, 15) is 19.7 Å². The molecule has 7 nitrogen and oxygen atoms in total. The summed E-state index contributed by atoms with van der Waals surface area (Å²) in [7, 11) is 0. The van der Waals surface area contributed by atoms with E-state index in [0.717, 1.165) is 29.7 Å². The molecule has 0 radical (unpaired) electrons. The largest absolute Gasteiger partial charge is 0.462 e. The van der Waals surface area contributed by atoms with Gasteiger partial charge in [-0.25, -0.2) is 4.79 Å². The predicted molar refractivity (Wildman–Crippen MR) is 112 cm³/mol. The molecule has 0 saturated heterocycles. The summed E-state index contributed by atoms with van der Waals surface area (Å²) in [4.78, 5) is 36.4. The van der Waals surface area contributed by atoms with Gasteiger partial charge in [0.15, 0.2) is 0 Å². The molecule has 0 fully saturated rings. The highest BCUT2D eigenvalue weighted by Crippen LogP contribution is 2.40. The molecule has 1 aromatic heterocycles. The molecule has 0 aliphatic heterocycles. The fraction of sp³-hybridized carbons (Fsp3) is 0.333. The van der Waals surface area contributed by atoms with Crippen molar-refractivity contribution >= 4 is 40.0 Å². The average Bonchev–Trinajstić information content (AvgIpc) is 3.03. The van der Waals surface area contributed by atoms with Crippen LogP contribution in [0.1, 0.15) is 46.6 Å². The molecule has 3 rings (SSSR count). The van der Waals surface area contributed by atoms with E-state index >= 15 is 0 Å². The molecule has 1 aromatic carbocycles. The number of rotatable bonds is 6. The Kier molecular flexibility index (Phi) is 6.43. The van der Waals surface area contributed by atoms with E-state index in [1.54, 1.807) is 19.1 Å². The molecule has 152 valence electrons. The van der Waals surface area contributed by atoms with Crippen molar-refractivity contribution in [1.82, 2.24) is 0 Å². The van der Waals surface area contributed by atoms with Gasteiger partial charge in [0, 0.05) is 23.1 Å². The van der Waals surface area contributed by atoms with Crippen LogP contribution in [0.5, 0.6) is 0 Å². The van der Waals surface area contributed by atoms with E-state index in [1.165, 1.54) is 35.6 Å². The fourth-order valence-electron chi connectivity index (χ4n) is 3.33. The number of non-ortho nitro benzene ring substituents is 1. The van der Waals surface area contributed by atoms with Crippen molar-refractivity contribution in [2.45, 2.75) is 33.1 Å². The normalized spacial score (nSPS) is 15.7. The van der Waals surface area contributed by atoms with Crippen LogP contribution >= 0.6 is 11.3 Å². The van der Waals surface area contributed by atoms with Gasteiger partial charge in [-0.1, -0.05) is 19.1 Å². The second-order valence-corrected chi connectivity index (χ2v) is 8.06. The zero-order valence-corrected chi connectivity index (χ0v) is 17.1. The number of nitro groups is 1. The number of hydrogen-bond acceptors (Lipinski definition) is 6. The van der Waals surface area contributed by atoms with E-state index in [-0.39, 0.29) is 12.3 Å². The number of benzene rings is 1. The summed E-state index contributed by atoms with van der Waals surface area (Å²) in [5.41, 5.74) is 1.93. The summed E-state index contributed by atoms with van der Waals surface area (Å²) in [6.45, 7) is 4.19. The van der Waals surface area contributed by atoms with Gasteiger partial charge in [-0.2, -0.15) is 0 Å². The molecule has 1 amide bonds. The third-order valence-corrected chi connectivity index (χ3v) is 5.91. The van der Waals surface area contributed by atoms with Crippen LogP contribution in [0.4, 0.5) is 10.7 Å². The van der Waals surface area contributed by atoms with E-state index in [4.69, 9.17) is 4.74 Å². The lowest BCUT2D eigenvalue weighted by atomic mass is 9.88. The van der Waals surface area contributed by atoms with Gasteiger partial charge in [0.1, 0.15) is 5.00 Å². The monoisotopic (exact) mass is 414 g/mol. The van der Waals surface area contributed by atoms with Crippen LogP contribution < -0.4 is 5.32 Å². The van der Waals surface area contributed by atoms with Crippen molar-refractivity contribution in [2.75, 3.05) is 11.9 Å². The molecular formula is C21H22N2O5S. The first-order chi connectivity index (χ1) is 13.9. The number of ether oxygens (including phenoxy) is 1. The van der Waals surface area contributed by atoms with Crippen molar-refractivity contribution in [3.05, 3.63) is 62.0 Å². The average molecular weight is 414 g/mol. The number of anilines is 1. The van der Waals surface area contributed by atoms with Crippen molar-refractivity contribution < 1.29 is 19.2 Å². The molecule has 1 N–H and O–H groups in total. The van der Waals surface area contributed by atoms with Gasteiger partial charge in [0.25, 0.3) is 5.69 Å². The Labute approximate surface area is 172 Å². The standard InChI is InChI=1S/C21H22N2O5S/c1-3-28-21(25)19-16-9-7-13(2)11-17(16)29-20(19)22-18(24)10-8-14-5-4-6-15(12-14)23(26)27/h4-6,8,10,12-13H,3,7,9,11H2,1-2H3,(H,22,24)/b10-8+/t13-/m1/s1. The van der Waals surface area contributed by atoms with Crippen molar-refractivity contribution in [3.63, 3.8) is 0 Å². The number of hydrogen-bond donors (Lipinski definition) is 1. The number of nitro benzene ring substituents is 1. The summed E-state index contributed by atoms with van der Waals surface area (Å²) >= 11 is 1.42. The van der Waals surface area contributed by atoms with Crippen molar-refractivity contribution in [3.8, 4) is 0 Å². The summed E-state index contributed by atoms with van der Waals surface area (Å²) in [6.07, 6.45) is 5.47. The summed E-state index contributed by atoms with van der Waals surface area (Å²) in [5.74, 6) is -0.292. The van der Waals surface area contributed by atoms with Crippen molar-refractivity contribution in [2.24, 2.45) is 5.92 Å². The van der Waals surface area contributed by atoms with Crippen LogP contribution in [-0.2, 0) is 22.4 Å². The third-order valence-electron chi connectivity index (χ3n) is 4.74. The summed E-state index contributed by atoms with van der Waals surface area (Å²) in [5, 5.41) is 14.2. The Morgan fingerprint density at radius 3 is 2.93 bits per heavy atom. The predicted octanol–water partition coefficient (Wildman–Crippen LogP) is 4.61. The molecule has 0 unspecified atom stereocenters. The second kappa shape index (κ2) is 9.00. The molecule has 0 bridgehead atoms. The third kappa shape index (κ3) is 4.89. The Morgan fingerprint density at radius 2 is 2.21 bits per heavy atom. The zero-order chi connectivity index (χ0) is 21.0. The van der Waals surface area contributed by atoms with Gasteiger partial charge >= 0.3 is 5.97 Å². The van der Waals surface area contributed by atoms with Gasteiger partial charge in [-0.3, -0.25) is 14.9 Å². The number of esters is 1. The minimum atomic E-state index is -0.486. The zero-order valence-electron chi connectivity index (χ0n) is 16.3. The summed E-state index contributed by atoms with van der Waals surface area (Å²) in [6, 6.07) is 6.01. The van der Waals surface area contributed by atoms with E-state index in [2.05, 4.69) is 12.2 Å². The minimum absolute atomic E-state index is 0.0443. The Bertz CT molecular complexity index is 979. The topological polar surface area (TPSA) is 98.5 Å². The smallest absolute Gasteiger partial charge is 0.341 e. The van der Waals surface area contributed by atoms with Gasteiger partial charge in [0.05, 0.1) is 17.1 Å². The summed E-state index contributed by atoms with van der Waals surface area (Å²) < 4.78 is 5.20. The number of carbonyl (C=O) groups is 2. The fourth-order valence-corrected chi connectivity index (χ4v) is 4.73. The van der Waals surface area contributed by atoms with Crippen LogP contribution in [0.3, 0.4) is 0 Å². The Hall–Kier alpha value is -3.00. The maximum absolute atomic E-state index is 12.5. The van der Waals surface area contributed by atoms with Crippen LogP contribution in [-0.4, -0.2) is 23.4 Å². The number of fused-ring (bicyclic) bond motifs is 1. The number of nitrogens with one attached hydrogen (secondary N) is 1. The molecule has 29 heavy (non-hydrogen) atoms. The molecule has 1 aliphatic rings. The lowest BCUT2D eigenvalue weighted by molar-refractivity contribution is -0.384. The highest BCUT2D eigenvalue weighted by Gasteiger charge is 2.28. The van der Waals surface area contributed by atoms with Crippen LogP contribution in [0.2, 0.25) is 0 Å². The second-order valence-electron chi connectivity index (χ2n) is 6.95. The molecule has 1 aliphatic carbocycles. The highest BCUT2D eigenvalue weighted by molar-refractivity contribution is 7.17. The van der Waals surface area contributed by atoms with Crippen molar-refractivity contribution in [1.29, 1.82) is 0 Å². The molecule has 2 aromatic rings. The van der Waals surface area contributed by atoms with Crippen LogP contribution in [0.25, 0.3) is 6.08 Å². The van der Waals surface area contributed by atoms with E-state index in [1.807, 2.05) is 0 Å². The molecule has 0 saturated carbocycles. The molecule has 8 heteroatoms. The minimum Gasteiger partial charge on any atom is -0.462 e. The first-order valence-corrected chi connectivity index (χ1v) is 10.3. The first kappa shape index (κ1) is 20.7. The lowest BCUT2D eigenvalue weighted by Gasteiger charge is -2.18. The van der Waals surface area contributed by atoms with Gasteiger partial charge in [-0.05, 0) is 49.3 Å². The maximum Gasteiger partial charge on any atom is 0.341 e. The molecule has 1 atom stereocenters. The lowest BCUT2D eigenvalue weighted by Crippen LogP contribution is -2.15. The van der Waals surface area contributed by atoms with Crippen LogP contribution in [0.15, 0.2) is 30.3 Å². The Morgan fingerprint density at radius 1 is 1.41 bits per heavy atom. The van der Waals surface area contributed by atoms with E-state index < -0.39 is 16.8 Å². The SMILES string of the molecule is CCOC(=O)c1c(NC(=O)/C=C/c2cccc([N+](=O)[O-])c2)sc2c1CC[C@@H](C)C2. The number of thiophene rings is 1. The first-order valence-electron chi connectivity index (χ1n) is 9.44. The number of nitrogens with zero attached hydrogens (tertiary/aromatic N) is 1.